The third-order valence-corrected chi connectivity index (χ3v) is 5.15. The molecule has 0 spiro atoms. The zero-order valence-corrected chi connectivity index (χ0v) is 14.6. The van der Waals surface area contributed by atoms with Crippen LogP contribution in [-0.2, 0) is 6.42 Å². The van der Waals surface area contributed by atoms with Gasteiger partial charge in [0.05, 0.1) is 12.7 Å². The first kappa shape index (κ1) is 17.9. The fourth-order valence-electron chi connectivity index (χ4n) is 3.69. The molecule has 2 N–H and O–H groups in total. The van der Waals surface area contributed by atoms with Crippen molar-refractivity contribution in [2.24, 2.45) is 5.41 Å². The number of hydrogen-bond acceptors (Lipinski definition) is 3. The second-order valence-corrected chi connectivity index (χ2v) is 7.04. The molecule has 0 bridgehead atoms. The van der Waals surface area contributed by atoms with Gasteiger partial charge >= 0.3 is 0 Å². The number of benzene rings is 2. The van der Waals surface area contributed by atoms with Crippen LogP contribution in [-0.4, -0.2) is 47.5 Å². The molecule has 0 aromatic heterocycles. The zero-order chi connectivity index (χ0) is 17.5. The summed E-state index contributed by atoms with van der Waals surface area (Å²) >= 11 is 0. The van der Waals surface area contributed by atoms with Gasteiger partial charge in [-0.25, -0.2) is 0 Å². The van der Waals surface area contributed by atoms with Gasteiger partial charge in [-0.05, 0) is 24.0 Å². The molecule has 132 valence electrons. The van der Waals surface area contributed by atoms with Crippen LogP contribution in [0.15, 0.2) is 66.7 Å². The van der Waals surface area contributed by atoms with E-state index < -0.39 is 11.5 Å². The molecule has 1 heterocycles. The van der Waals surface area contributed by atoms with Crippen LogP contribution in [0.25, 0.3) is 6.08 Å². The Kier molecular flexibility index (Phi) is 6.03. The Morgan fingerprint density at radius 1 is 1.04 bits per heavy atom. The monoisotopic (exact) mass is 337 g/mol. The summed E-state index contributed by atoms with van der Waals surface area (Å²) in [5, 5.41) is 20.7. The van der Waals surface area contributed by atoms with Crippen LogP contribution in [0.5, 0.6) is 0 Å². The number of nitrogens with zero attached hydrogens (tertiary/aromatic N) is 1. The smallest absolute Gasteiger partial charge is 0.0646 e. The Hall–Kier alpha value is -1.94. The van der Waals surface area contributed by atoms with Crippen molar-refractivity contribution in [1.29, 1.82) is 0 Å². The first-order valence-electron chi connectivity index (χ1n) is 8.99. The number of aliphatic hydroxyl groups is 2. The first-order chi connectivity index (χ1) is 12.2. The third kappa shape index (κ3) is 4.57. The van der Waals surface area contributed by atoms with Gasteiger partial charge in [-0.3, -0.25) is 4.90 Å². The lowest BCUT2D eigenvalue weighted by atomic mass is 9.73. The van der Waals surface area contributed by atoms with Gasteiger partial charge in [0, 0.05) is 25.0 Å². The van der Waals surface area contributed by atoms with Crippen LogP contribution in [0, 0.1) is 5.41 Å². The highest BCUT2D eigenvalue weighted by molar-refractivity contribution is 5.48. The van der Waals surface area contributed by atoms with Gasteiger partial charge in [0.15, 0.2) is 0 Å². The average molecular weight is 337 g/mol. The fraction of sp³-hybridized carbons (Fsp3) is 0.364. The van der Waals surface area contributed by atoms with Crippen molar-refractivity contribution in [3.63, 3.8) is 0 Å². The van der Waals surface area contributed by atoms with Crippen LogP contribution in [0.1, 0.15) is 17.5 Å². The maximum Gasteiger partial charge on any atom is 0.0646 e. The lowest BCUT2D eigenvalue weighted by Gasteiger charge is -2.45. The number of piperidine rings is 1. The minimum atomic E-state index is -0.486. The summed E-state index contributed by atoms with van der Waals surface area (Å²) in [6, 6.07) is 20.4. The van der Waals surface area contributed by atoms with Crippen LogP contribution in [0.4, 0.5) is 0 Å². The standard InChI is InChI=1S/C22H27NO2/c24-18-22(16-20-10-5-2-6-11-20)17-23(15-13-21(22)25)14-7-12-19-8-3-1-4-9-19/h1-12,21,24-25H,13-18H2/b12-7+/t21-,22+/m0/s1. The minimum absolute atomic E-state index is 0.00194. The number of rotatable bonds is 6. The van der Waals surface area contributed by atoms with E-state index in [2.05, 4.69) is 41.3 Å². The van der Waals surface area contributed by atoms with E-state index in [1.165, 1.54) is 5.56 Å². The molecular weight excluding hydrogens is 310 g/mol. The molecule has 0 aliphatic carbocycles. The molecule has 1 aliphatic rings. The Balaban J connectivity index is 1.66. The lowest BCUT2D eigenvalue weighted by molar-refractivity contribution is -0.0722. The van der Waals surface area contributed by atoms with E-state index in [1.807, 2.05) is 36.4 Å². The summed E-state index contributed by atoms with van der Waals surface area (Å²) in [5.74, 6) is 0. The summed E-state index contributed by atoms with van der Waals surface area (Å²) in [4.78, 5) is 2.32. The second-order valence-electron chi connectivity index (χ2n) is 7.04. The van der Waals surface area contributed by atoms with Crippen molar-refractivity contribution in [3.8, 4) is 0 Å². The molecule has 0 saturated carbocycles. The molecule has 3 rings (SSSR count). The molecule has 2 aromatic carbocycles. The quantitative estimate of drug-likeness (QED) is 0.852. The SMILES string of the molecule is OC[C@@]1(Cc2ccccc2)CN(C/C=C/c2ccccc2)CC[C@@H]1O. The van der Waals surface area contributed by atoms with Crippen molar-refractivity contribution in [2.45, 2.75) is 18.9 Å². The van der Waals surface area contributed by atoms with Crippen LogP contribution in [0.3, 0.4) is 0 Å². The molecule has 2 aromatic rings. The molecule has 0 radical (unpaired) electrons. The van der Waals surface area contributed by atoms with E-state index >= 15 is 0 Å². The summed E-state index contributed by atoms with van der Waals surface area (Å²) in [6.07, 6.45) is 5.23. The Bertz CT molecular complexity index is 671. The van der Waals surface area contributed by atoms with Crippen LogP contribution in [0.2, 0.25) is 0 Å². The Labute approximate surface area is 150 Å². The zero-order valence-electron chi connectivity index (χ0n) is 14.6. The largest absolute Gasteiger partial charge is 0.396 e. The predicted molar refractivity (Wildman–Crippen MR) is 102 cm³/mol. The van der Waals surface area contributed by atoms with Crippen LogP contribution >= 0.6 is 0 Å². The highest BCUT2D eigenvalue weighted by atomic mass is 16.3. The van der Waals surface area contributed by atoms with Gasteiger partial charge < -0.3 is 10.2 Å². The first-order valence-corrected chi connectivity index (χ1v) is 8.99. The second kappa shape index (κ2) is 8.43. The average Bonchev–Trinajstić information content (AvgIpc) is 2.66. The van der Waals surface area contributed by atoms with Gasteiger partial charge in [-0.2, -0.15) is 0 Å². The van der Waals surface area contributed by atoms with E-state index in [9.17, 15) is 10.2 Å². The van der Waals surface area contributed by atoms with Crippen molar-refractivity contribution in [1.82, 2.24) is 4.90 Å². The summed E-state index contributed by atoms with van der Waals surface area (Å²) < 4.78 is 0. The van der Waals surface area contributed by atoms with Crippen molar-refractivity contribution in [2.75, 3.05) is 26.2 Å². The molecule has 3 heteroatoms. The summed E-state index contributed by atoms with van der Waals surface area (Å²) in [7, 11) is 0. The minimum Gasteiger partial charge on any atom is -0.396 e. The van der Waals surface area contributed by atoms with E-state index in [0.29, 0.717) is 19.4 Å². The van der Waals surface area contributed by atoms with Gasteiger partial charge in [-0.15, -0.1) is 0 Å². The molecule has 25 heavy (non-hydrogen) atoms. The van der Waals surface area contributed by atoms with E-state index in [1.54, 1.807) is 0 Å². The Morgan fingerprint density at radius 3 is 2.40 bits per heavy atom. The molecule has 3 nitrogen and oxygen atoms in total. The highest BCUT2D eigenvalue weighted by Crippen LogP contribution is 2.33. The maximum absolute atomic E-state index is 10.6. The van der Waals surface area contributed by atoms with Gasteiger partial charge in [0.1, 0.15) is 0 Å². The van der Waals surface area contributed by atoms with Gasteiger partial charge in [0.25, 0.3) is 0 Å². The number of hydrogen-bond donors (Lipinski definition) is 2. The lowest BCUT2D eigenvalue weighted by Crippen LogP contribution is -2.54. The fourth-order valence-corrected chi connectivity index (χ4v) is 3.69. The van der Waals surface area contributed by atoms with Crippen molar-refractivity contribution < 1.29 is 10.2 Å². The van der Waals surface area contributed by atoms with Crippen molar-refractivity contribution in [3.05, 3.63) is 77.9 Å². The Morgan fingerprint density at radius 2 is 1.72 bits per heavy atom. The maximum atomic E-state index is 10.6. The third-order valence-electron chi connectivity index (χ3n) is 5.15. The molecule has 1 fully saturated rings. The normalized spacial score (nSPS) is 24.6. The summed E-state index contributed by atoms with van der Waals surface area (Å²) in [5.41, 5.74) is 1.87. The van der Waals surface area contributed by atoms with E-state index in [0.717, 1.165) is 18.7 Å². The number of likely N-dealkylation sites (tertiary alicyclic amines) is 1. The van der Waals surface area contributed by atoms with Crippen LogP contribution < -0.4 is 0 Å². The highest BCUT2D eigenvalue weighted by Gasteiger charge is 2.42. The topological polar surface area (TPSA) is 43.7 Å². The number of aliphatic hydroxyl groups excluding tert-OH is 2. The van der Waals surface area contributed by atoms with E-state index in [-0.39, 0.29) is 6.61 Å². The molecule has 1 saturated heterocycles. The molecule has 2 atom stereocenters. The predicted octanol–water partition coefficient (Wildman–Crippen LogP) is 2.99. The molecular formula is C22H27NO2. The molecule has 0 amide bonds. The van der Waals surface area contributed by atoms with Gasteiger partial charge in [-0.1, -0.05) is 72.8 Å². The summed E-state index contributed by atoms with van der Waals surface area (Å²) in [6.45, 7) is 2.40. The molecule has 1 aliphatic heterocycles. The molecule has 0 unspecified atom stereocenters. The van der Waals surface area contributed by atoms with E-state index in [4.69, 9.17) is 0 Å². The van der Waals surface area contributed by atoms with Gasteiger partial charge in [0.2, 0.25) is 0 Å². The van der Waals surface area contributed by atoms with Crippen molar-refractivity contribution >= 4 is 6.08 Å².